The number of carbonyl (C=O) groups excluding carboxylic acids is 1. The number of aliphatic hydroxyl groups excluding tert-OH is 1. The van der Waals surface area contributed by atoms with Crippen molar-refractivity contribution < 1.29 is 9.90 Å². The molecule has 0 spiro atoms. The Labute approximate surface area is 147 Å². The van der Waals surface area contributed by atoms with Crippen molar-refractivity contribution in [1.29, 1.82) is 0 Å². The zero-order valence-corrected chi connectivity index (χ0v) is 15.2. The molecule has 0 aliphatic rings. The highest BCUT2D eigenvalue weighted by Crippen LogP contribution is 2.24. The van der Waals surface area contributed by atoms with Gasteiger partial charge in [0.2, 0.25) is 0 Å². The molecular weight excluding hydrogens is 322 g/mol. The van der Waals surface area contributed by atoms with Crippen molar-refractivity contribution in [2.45, 2.75) is 38.6 Å². The van der Waals surface area contributed by atoms with Gasteiger partial charge in [-0.05, 0) is 32.8 Å². The number of aliphatic hydroxyl groups is 1. The van der Waals surface area contributed by atoms with E-state index in [4.69, 9.17) is 0 Å². The van der Waals surface area contributed by atoms with Crippen LogP contribution in [0.25, 0.3) is 0 Å². The lowest BCUT2D eigenvalue weighted by Gasteiger charge is -2.25. The van der Waals surface area contributed by atoms with E-state index >= 15 is 0 Å². The highest BCUT2D eigenvalue weighted by Gasteiger charge is 2.26. The molecule has 5 nitrogen and oxygen atoms in total. The zero-order valence-electron chi connectivity index (χ0n) is 14.4. The molecule has 0 radical (unpaired) electrons. The van der Waals surface area contributed by atoms with Gasteiger partial charge >= 0.3 is 6.03 Å². The van der Waals surface area contributed by atoms with E-state index in [1.54, 1.807) is 11.3 Å². The van der Waals surface area contributed by atoms with E-state index in [0.717, 1.165) is 15.4 Å². The van der Waals surface area contributed by atoms with Crippen molar-refractivity contribution in [3.8, 4) is 0 Å². The quantitative estimate of drug-likeness (QED) is 0.720. The number of carbonyl (C=O) groups is 1. The maximum Gasteiger partial charge on any atom is 0.315 e. The summed E-state index contributed by atoms with van der Waals surface area (Å²) in [5.41, 5.74) is 0.587. The molecule has 3 N–H and O–H groups in total. The van der Waals surface area contributed by atoms with Crippen LogP contribution >= 0.6 is 11.3 Å². The molecule has 2 aromatic rings. The van der Waals surface area contributed by atoms with Crippen LogP contribution in [-0.2, 0) is 5.54 Å². The first-order valence-electron chi connectivity index (χ1n) is 8.07. The highest BCUT2D eigenvalue weighted by atomic mass is 32.1. The van der Waals surface area contributed by atoms with Crippen LogP contribution in [0.3, 0.4) is 0 Å². The Bertz CT molecular complexity index is 655. The number of nitrogens with one attached hydrogen (secondary N) is 2. The Hall–Kier alpha value is -1.92. The second-order valence-corrected chi connectivity index (χ2v) is 7.59. The molecular formula is C18H25N3O2S. The summed E-state index contributed by atoms with van der Waals surface area (Å²) in [6.45, 7) is 6.44. The fourth-order valence-electron chi connectivity index (χ4n) is 2.51. The normalized spacial score (nSPS) is 12.7. The van der Waals surface area contributed by atoms with Gasteiger partial charge in [-0.2, -0.15) is 0 Å². The summed E-state index contributed by atoms with van der Waals surface area (Å²) in [5, 5.41) is 16.0. The summed E-state index contributed by atoms with van der Waals surface area (Å²) in [5.74, 6) is 0.0900. The summed E-state index contributed by atoms with van der Waals surface area (Å²) in [7, 11) is 0. The molecule has 1 aromatic heterocycles. The van der Waals surface area contributed by atoms with Crippen molar-refractivity contribution in [3.63, 3.8) is 0 Å². The standard InChI is InChI=1S/C18H25N3O2S/c1-13-11-19-16(24-13)18(2,3)21-17(23)20-12-15(9-10-22)14-7-5-4-6-8-14/h4-8,11,15,22H,9-10,12H2,1-3H3,(H2,20,21,23). The first-order chi connectivity index (χ1) is 11.4. The van der Waals surface area contributed by atoms with Crippen molar-refractivity contribution in [2.75, 3.05) is 13.2 Å². The van der Waals surface area contributed by atoms with Gasteiger partial charge < -0.3 is 15.7 Å². The molecule has 130 valence electrons. The lowest BCUT2D eigenvalue weighted by Crippen LogP contribution is -2.47. The number of thiazole rings is 1. The maximum absolute atomic E-state index is 12.3. The topological polar surface area (TPSA) is 74.2 Å². The van der Waals surface area contributed by atoms with Crippen molar-refractivity contribution in [2.24, 2.45) is 0 Å². The van der Waals surface area contributed by atoms with E-state index in [1.807, 2.05) is 57.3 Å². The number of hydrogen-bond acceptors (Lipinski definition) is 4. The highest BCUT2D eigenvalue weighted by molar-refractivity contribution is 7.11. The molecule has 1 unspecified atom stereocenters. The number of aryl methyl sites for hydroxylation is 1. The van der Waals surface area contributed by atoms with Gasteiger partial charge in [0, 0.05) is 30.1 Å². The number of rotatable bonds is 7. The molecule has 2 rings (SSSR count). The average Bonchev–Trinajstić information content (AvgIpc) is 2.99. The minimum atomic E-state index is -0.526. The number of nitrogens with zero attached hydrogens (tertiary/aromatic N) is 1. The zero-order chi connectivity index (χ0) is 17.6. The largest absolute Gasteiger partial charge is 0.396 e. The molecule has 0 saturated carbocycles. The van der Waals surface area contributed by atoms with Gasteiger partial charge in [-0.25, -0.2) is 9.78 Å². The van der Waals surface area contributed by atoms with Gasteiger partial charge in [0.05, 0.1) is 5.54 Å². The predicted octanol–water partition coefficient (Wildman–Crippen LogP) is 3.15. The molecule has 0 saturated heterocycles. The average molecular weight is 347 g/mol. The predicted molar refractivity (Wildman–Crippen MR) is 97.3 cm³/mol. The minimum absolute atomic E-state index is 0.0900. The first kappa shape index (κ1) is 18.4. The van der Waals surface area contributed by atoms with Crippen LogP contribution in [0.1, 0.15) is 41.6 Å². The van der Waals surface area contributed by atoms with Crippen LogP contribution in [0.15, 0.2) is 36.5 Å². The van der Waals surface area contributed by atoms with Crippen LogP contribution < -0.4 is 10.6 Å². The fourth-order valence-corrected chi connectivity index (χ4v) is 3.33. The molecule has 6 heteroatoms. The molecule has 0 bridgehead atoms. The Kier molecular flexibility index (Phi) is 6.34. The van der Waals surface area contributed by atoms with Crippen molar-refractivity contribution in [3.05, 3.63) is 52.0 Å². The molecule has 24 heavy (non-hydrogen) atoms. The second kappa shape index (κ2) is 8.26. The fraction of sp³-hybridized carbons (Fsp3) is 0.444. The van der Waals surface area contributed by atoms with Crippen LogP contribution in [0.4, 0.5) is 4.79 Å². The van der Waals surface area contributed by atoms with Gasteiger partial charge in [0.15, 0.2) is 0 Å². The van der Waals surface area contributed by atoms with Gasteiger partial charge in [0.25, 0.3) is 0 Å². The van der Waals surface area contributed by atoms with E-state index in [9.17, 15) is 9.90 Å². The van der Waals surface area contributed by atoms with Crippen LogP contribution in [0.2, 0.25) is 0 Å². The van der Waals surface area contributed by atoms with E-state index in [1.165, 1.54) is 0 Å². The SMILES string of the molecule is Cc1cnc(C(C)(C)NC(=O)NCC(CCO)c2ccccc2)s1. The van der Waals surface area contributed by atoms with Gasteiger partial charge in [0.1, 0.15) is 5.01 Å². The smallest absolute Gasteiger partial charge is 0.315 e. The summed E-state index contributed by atoms with van der Waals surface area (Å²) < 4.78 is 0. The first-order valence-corrected chi connectivity index (χ1v) is 8.88. The molecule has 0 aliphatic heterocycles. The summed E-state index contributed by atoms with van der Waals surface area (Å²) in [6, 6.07) is 9.69. The maximum atomic E-state index is 12.3. The lowest BCUT2D eigenvalue weighted by molar-refractivity contribution is 0.227. The lowest BCUT2D eigenvalue weighted by atomic mass is 9.96. The van der Waals surface area contributed by atoms with E-state index in [0.29, 0.717) is 13.0 Å². The summed E-state index contributed by atoms with van der Waals surface area (Å²) in [4.78, 5) is 17.7. The summed E-state index contributed by atoms with van der Waals surface area (Å²) >= 11 is 1.58. The Morgan fingerprint density at radius 1 is 1.33 bits per heavy atom. The third-order valence-electron chi connectivity index (χ3n) is 3.84. The van der Waals surface area contributed by atoms with Crippen molar-refractivity contribution in [1.82, 2.24) is 15.6 Å². The summed E-state index contributed by atoms with van der Waals surface area (Å²) in [6.07, 6.45) is 2.42. The minimum Gasteiger partial charge on any atom is -0.396 e. The Morgan fingerprint density at radius 3 is 2.62 bits per heavy atom. The van der Waals surface area contributed by atoms with E-state index in [2.05, 4.69) is 15.6 Å². The molecule has 1 aromatic carbocycles. The van der Waals surface area contributed by atoms with E-state index in [-0.39, 0.29) is 18.6 Å². The van der Waals surface area contributed by atoms with Gasteiger partial charge in [-0.1, -0.05) is 30.3 Å². The number of aromatic nitrogens is 1. The monoisotopic (exact) mass is 347 g/mol. The number of amides is 2. The van der Waals surface area contributed by atoms with Crippen LogP contribution in [0, 0.1) is 6.92 Å². The van der Waals surface area contributed by atoms with Crippen molar-refractivity contribution >= 4 is 17.4 Å². The van der Waals surface area contributed by atoms with Crippen LogP contribution in [-0.4, -0.2) is 29.3 Å². The van der Waals surface area contributed by atoms with Gasteiger partial charge in [-0.15, -0.1) is 11.3 Å². The number of hydrogen-bond donors (Lipinski definition) is 3. The van der Waals surface area contributed by atoms with E-state index < -0.39 is 5.54 Å². The van der Waals surface area contributed by atoms with Gasteiger partial charge in [-0.3, -0.25) is 0 Å². The second-order valence-electron chi connectivity index (χ2n) is 6.36. The Balaban J connectivity index is 1.93. The third-order valence-corrected chi connectivity index (χ3v) is 5.08. The molecule has 1 heterocycles. The molecule has 2 amide bonds. The molecule has 0 aliphatic carbocycles. The number of benzene rings is 1. The molecule has 1 atom stereocenters. The number of urea groups is 1. The Morgan fingerprint density at radius 2 is 2.04 bits per heavy atom. The molecule has 0 fully saturated rings. The third kappa shape index (κ3) is 5.04. The van der Waals surface area contributed by atoms with Crippen LogP contribution in [0.5, 0.6) is 0 Å².